The highest BCUT2D eigenvalue weighted by atomic mass is 32.2. The number of nitrogens with zero attached hydrogens (tertiary/aromatic N) is 3. The largest absolute Gasteiger partial charge is 0.493 e. The number of rotatable bonds is 9. The van der Waals surface area contributed by atoms with Crippen molar-refractivity contribution in [1.29, 1.82) is 0 Å². The first-order valence-corrected chi connectivity index (χ1v) is 11.5. The number of H-pyrrole nitrogens is 1. The molecule has 0 aliphatic heterocycles. The van der Waals surface area contributed by atoms with Crippen LogP contribution in [-0.4, -0.2) is 34.0 Å². The molecule has 0 aliphatic carbocycles. The van der Waals surface area contributed by atoms with Gasteiger partial charge < -0.3 is 9.47 Å². The Labute approximate surface area is 188 Å². The van der Waals surface area contributed by atoms with Gasteiger partial charge in [-0.2, -0.15) is 0 Å². The Balaban J connectivity index is 1.46. The zero-order chi connectivity index (χ0) is 21.6. The number of methoxy groups -OCH3 is 2. The van der Waals surface area contributed by atoms with E-state index < -0.39 is 0 Å². The molecule has 0 unspecified atom stereocenters. The van der Waals surface area contributed by atoms with Crippen molar-refractivity contribution in [3.8, 4) is 22.1 Å². The number of hydrogen-bond donors (Lipinski definition) is 1. The number of benzene rings is 2. The number of thioether (sulfide) groups is 1. The summed E-state index contributed by atoms with van der Waals surface area (Å²) in [5.41, 5.74) is 2.80. The quantitative estimate of drug-likeness (QED) is 0.381. The number of thiazole rings is 1. The third-order valence-corrected chi connectivity index (χ3v) is 6.66. The minimum absolute atomic E-state index is 0.196. The van der Waals surface area contributed by atoms with Crippen molar-refractivity contribution in [1.82, 2.24) is 19.7 Å². The molecule has 2 aromatic heterocycles. The monoisotopic (exact) mass is 454 g/mol. The molecule has 0 spiro atoms. The van der Waals surface area contributed by atoms with E-state index in [1.807, 2.05) is 41.8 Å². The van der Waals surface area contributed by atoms with Crippen LogP contribution < -0.4 is 15.2 Å². The maximum Gasteiger partial charge on any atom is 0.343 e. The summed E-state index contributed by atoms with van der Waals surface area (Å²) >= 11 is 3.04. The molecule has 31 heavy (non-hydrogen) atoms. The van der Waals surface area contributed by atoms with Gasteiger partial charge in [0.15, 0.2) is 16.7 Å². The van der Waals surface area contributed by atoms with Crippen LogP contribution >= 0.6 is 23.1 Å². The average molecular weight is 455 g/mol. The Kier molecular flexibility index (Phi) is 6.73. The highest BCUT2D eigenvalue weighted by Gasteiger charge is 2.15. The van der Waals surface area contributed by atoms with Gasteiger partial charge >= 0.3 is 5.69 Å². The van der Waals surface area contributed by atoms with Gasteiger partial charge in [0.25, 0.3) is 0 Å². The van der Waals surface area contributed by atoms with E-state index in [-0.39, 0.29) is 5.69 Å². The van der Waals surface area contributed by atoms with Crippen LogP contribution in [0.1, 0.15) is 11.3 Å². The number of ether oxygens (including phenoxy) is 2. The fourth-order valence-electron chi connectivity index (χ4n) is 3.19. The lowest BCUT2D eigenvalue weighted by Crippen LogP contribution is -2.18. The van der Waals surface area contributed by atoms with Crippen LogP contribution in [0, 0.1) is 0 Å². The third-order valence-electron chi connectivity index (χ3n) is 4.72. The first-order chi connectivity index (χ1) is 15.2. The second-order valence-corrected chi connectivity index (χ2v) is 8.47. The van der Waals surface area contributed by atoms with E-state index in [2.05, 4.69) is 22.3 Å². The summed E-state index contributed by atoms with van der Waals surface area (Å²) in [6.45, 7) is 0.574. The predicted octanol–water partition coefficient (Wildman–Crippen LogP) is 4.25. The Morgan fingerprint density at radius 2 is 1.94 bits per heavy atom. The summed E-state index contributed by atoms with van der Waals surface area (Å²) < 4.78 is 12.6. The molecule has 0 radical (unpaired) electrons. The standard InChI is InChI=1S/C22H22N4O3S2/c1-28-18-10-6-9-17(19(18)29-2)20-23-16(13-30-20)14-31-22-25-24-21(27)26(22)12-11-15-7-4-3-5-8-15/h3-10,13H,11-12,14H2,1-2H3,(H,24,27). The fraction of sp³-hybridized carbons (Fsp3) is 0.227. The summed E-state index contributed by atoms with van der Waals surface area (Å²) in [5.74, 6) is 1.95. The van der Waals surface area contributed by atoms with Crippen LogP contribution in [0.3, 0.4) is 0 Å². The molecule has 0 saturated heterocycles. The van der Waals surface area contributed by atoms with Crippen molar-refractivity contribution in [3.05, 3.63) is 75.7 Å². The minimum Gasteiger partial charge on any atom is -0.493 e. The van der Waals surface area contributed by atoms with Gasteiger partial charge in [0.05, 0.1) is 25.5 Å². The Hall–Kier alpha value is -3.04. The van der Waals surface area contributed by atoms with E-state index >= 15 is 0 Å². The van der Waals surface area contributed by atoms with E-state index in [4.69, 9.17) is 14.5 Å². The molecule has 2 aromatic carbocycles. The van der Waals surface area contributed by atoms with Gasteiger partial charge in [-0.05, 0) is 24.1 Å². The van der Waals surface area contributed by atoms with Crippen molar-refractivity contribution < 1.29 is 9.47 Å². The Morgan fingerprint density at radius 3 is 2.71 bits per heavy atom. The fourth-order valence-corrected chi connectivity index (χ4v) is 5.00. The molecule has 0 amide bonds. The van der Waals surface area contributed by atoms with Crippen molar-refractivity contribution in [2.24, 2.45) is 0 Å². The number of nitrogens with one attached hydrogen (secondary N) is 1. The lowest BCUT2D eigenvalue weighted by Gasteiger charge is -2.10. The molecule has 4 aromatic rings. The van der Waals surface area contributed by atoms with Crippen LogP contribution in [0.4, 0.5) is 0 Å². The first kappa shape index (κ1) is 21.2. The second kappa shape index (κ2) is 9.84. The lowest BCUT2D eigenvalue weighted by molar-refractivity contribution is 0.356. The number of aromatic nitrogens is 4. The van der Waals surface area contributed by atoms with Crippen molar-refractivity contribution in [3.63, 3.8) is 0 Å². The molecule has 4 rings (SSSR count). The van der Waals surface area contributed by atoms with E-state index in [1.54, 1.807) is 30.1 Å². The van der Waals surface area contributed by atoms with Crippen LogP contribution in [0.5, 0.6) is 11.5 Å². The second-order valence-electron chi connectivity index (χ2n) is 6.67. The smallest absolute Gasteiger partial charge is 0.343 e. The first-order valence-electron chi connectivity index (χ1n) is 9.67. The van der Waals surface area contributed by atoms with E-state index in [0.717, 1.165) is 22.7 Å². The number of hydrogen-bond acceptors (Lipinski definition) is 7. The van der Waals surface area contributed by atoms with Crippen LogP contribution in [0.2, 0.25) is 0 Å². The molecular weight excluding hydrogens is 432 g/mol. The maximum atomic E-state index is 12.2. The summed E-state index contributed by atoms with van der Waals surface area (Å²) in [6, 6.07) is 15.8. The van der Waals surface area contributed by atoms with Crippen molar-refractivity contribution >= 4 is 23.1 Å². The normalized spacial score (nSPS) is 10.9. The van der Waals surface area contributed by atoms with Crippen molar-refractivity contribution in [2.75, 3.05) is 14.2 Å². The SMILES string of the molecule is COc1cccc(-c2nc(CSc3n[nH]c(=O)n3CCc3ccccc3)cs2)c1OC. The zero-order valence-electron chi connectivity index (χ0n) is 17.2. The van der Waals surface area contributed by atoms with Gasteiger partial charge in [-0.1, -0.05) is 48.2 Å². The Morgan fingerprint density at radius 1 is 1.10 bits per heavy atom. The summed E-state index contributed by atoms with van der Waals surface area (Å²) in [5, 5.41) is 10.3. The molecule has 160 valence electrons. The molecule has 0 aliphatic rings. The highest BCUT2D eigenvalue weighted by molar-refractivity contribution is 7.98. The van der Waals surface area contributed by atoms with E-state index in [0.29, 0.717) is 29.0 Å². The highest BCUT2D eigenvalue weighted by Crippen LogP contribution is 2.39. The van der Waals surface area contributed by atoms with Crippen LogP contribution in [-0.2, 0) is 18.7 Å². The van der Waals surface area contributed by atoms with Crippen molar-refractivity contribution in [2.45, 2.75) is 23.9 Å². The molecule has 1 N–H and O–H groups in total. The summed E-state index contributed by atoms with van der Waals surface area (Å²) in [6.07, 6.45) is 0.768. The number of aryl methyl sites for hydroxylation is 1. The number of para-hydroxylation sites is 1. The van der Waals surface area contributed by atoms with E-state index in [1.165, 1.54) is 17.3 Å². The molecular formula is C22H22N4O3S2. The topological polar surface area (TPSA) is 82.0 Å². The number of aromatic amines is 1. The molecule has 7 nitrogen and oxygen atoms in total. The average Bonchev–Trinajstić information content (AvgIpc) is 3.42. The van der Waals surface area contributed by atoms with E-state index in [9.17, 15) is 4.79 Å². The molecule has 0 saturated carbocycles. The predicted molar refractivity (Wildman–Crippen MR) is 123 cm³/mol. The van der Waals surface area contributed by atoms with Gasteiger partial charge in [0.2, 0.25) is 0 Å². The molecule has 0 bridgehead atoms. The maximum absolute atomic E-state index is 12.2. The minimum atomic E-state index is -0.196. The summed E-state index contributed by atoms with van der Waals surface area (Å²) in [7, 11) is 3.24. The van der Waals surface area contributed by atoms with Crippen LogP contribution in [0.15, 0.2) is 63.9 Å². The third kappa shape index (κ3) is 4.83. The van der Waals surface area contributed by atoms with Gasteiger partial charge in [-0.3, -0.25) is 4.57 Å². The van der Waals surface area contributed by atoms with Gasteiger partial charge in [0.1, 0.15) is 5.01 Å². The summed E-state index contributed by atoms with van der Waals surface area (Å²) in [4.78, 5) is 16.9. The van der Waals surface area contributed by atoms with Gasteiger partial charge in [-0.25, -0.2) is 14.9 Å². The van der Waals surface area contributed by atoms with Gasteiger partial charge in [0, 0.05) is 17.7 Å². The lowest BCUT2D eigenvalue weighted by atomic mass is 10.1. The Bertz CT molecular complexity index is 1200. The molecule has 0 atom stereocenters. The molecule has 0 fully saturated rings. The molecule has 2 heterocycles. The van der Waals surface area contributed by atoms with Crippen LogP contribution in [0.25, 0.3) is 10.6 Å². The molecule has 9 heteroatoms. The van der Waals surface area contributed by atoms with Gasteiger partial charge in [-0.15, -0.1) is 16.4 Å². The zero-order valence-corrected chi connectivity index (χ0v) is 18.8.